The molecule has 0 aliphatic rings. The molecule has 0 aromatic carbocycles. The molecule has 0 spiro atoms. The van der Waals surface area contributed by atoms with Crippen molar-refractivity contribution < 1.29 is 23.9 Å². The van der Waals surface area contributed by atoms with E-state index in [9.17, 15) is 9.36 Å². The lowest BCUT2D eigenvalue weighted by atomic mass is 10.7. The van der Waals surface area contributed by atoms with Crippen LogP contribution >= 0.6 is 7.60 Å². The fourth-order valence-electron chi connectivity index (χ4n) is 0.223. The molecule has 0 aromatic rings. The first-order chi connectivity index (χ1) is 4.48. The van der Waals surface area contributed by atoms with E-state index in [0.717, 1.165) is 6.26 Å². The van der Waals surface area contributed by atoms with Crippen LogP contribution < -0.4 is 0 Å². The lowest BCUT2D eigenvalue weighted by Gasteiger charge is -1.94. The minimum Gasteiger partial charge on any atom is -0.504 e. The van der Waals surface area contributed by atoms with E-state index in [2.05, 4.69) is 4.74 Å². The van der Waals surface area contributed by atoms with Gasteiger partial charge in [-0.05, 0) is 0 Å². The molecule has 0 aliphatic carbocycles. The topological polar surface area (TPSA) is 83.8 Å². The van der Waals surface area contributed by atoms with E-state index in [-0.39, 0.29) is 0 Å². The van der Waals surface area contributed by atoms with Gasteiger partial charge >= 0.3 is 7.60 Å². The van der Waals surface area contributed by atoms with Crippen molar-refractivity contribution in [1.82, 2.24) is 0 Å². The molecule has 0 aromatic heterocycles. The molecule has 0 atom stereocenters. The quantitative estimate of drug-likeness (QED) is 0.346. The fourth-order valence-corrected chi connectivity index (χ4v) is 0.478. The number of hydrogen-bond acceptors (Lipinski definition) is 3. The number of carbonyl (C=O) groups is 1. The Hall–Kier alpha value is -0.640. The molecular formula is C4H7O5P. The second kappa shape index (κ2) is 3.51. The maximum atomic E-state index is 10.3. The van der Waals surface area contributed by atoms with Crippen molar-refractivity contribution in [1.29, 1.82) is 0 Å². The third-order valence-electron chi connectivity index (χ3n) is 0.634. The first-order valence-electron chi connectivity index (χ1n) is 2.28. The van der Waals surface area contributed by atoms with Crippen LogP contribution in [0.25, 0.3) is 0 Å². The molecule has 0 rings (SSSR count). The maximum Gasteiger partial charge on any atom is 0.395 e. The number of hydrogen-bond donors (Lipinski definition) is 2. The Bertz CT molecular complexity index is 190. The summed E-state index contributed by atoms with van der Waals surface area (Å²) in [6.07, 6.45) is 1.59. The Morgan fingerprint density at radius 3 is 2.40 bits per heavy atom. The molecule has 2 N–H and O–H groups in total. The Labute approximate surface area is 57.5 Å². The van der Waals surface area contributed by atoms with Crippen LogP contribution in [0.15, 0.2) is 12.3 Å². The highest BCUT2D eigenvalue weighted by molar-refractivity contribution is 7.70. The smallest absolute Gasteiger partial charge is 0.395 e. The van der Waals surface area contributed by atoms with Crippen molar-refractivity contribution in [2.45, 2.75) is 0 Å². The van der Waals surface area contributed by atoms with Crippen molar-refractivity contribution in [3.63, 3.8) is 0 Å². The maximum absolute atomic E-state index is 10.3. The molecule has 10 heavy (non-hydrogen) atoms. The van der Waals surface area contributed by atoms with Gasteiger partial charge in [-0.25, -0.2) is 0 Å². The Morgan fingerprint density at radius 1 is 1.60 bits per heavy atom. The lowest BCUT2D eigenvalue weighted by Crippen LogP contribution is -1.92. The van der Waals surface area contributed by atoms with E-state index in [1.54, 1.807) is 0 Å². The first kappa shape index (κ1) is 9.36. The summed E-state index contributed by atoms with van der Waals surface area (Å²) in [4.78, 5) is 26.6. The molecule has 0 heterocycles. The number of methoxy groups -OCH3 is 1. The molecule has 0 saturated carbocycles. The fraction of sp³-hybridized carbons (Fsp3) is 0.250. The van der Waals surface area contributed by atoms with Gasteiger partial charge < -0.3 is 14.5 Å². The molecular weight excluding hydrogens is 159 g/mol. The van der Waals surface area contributed by atoms with Crippen molar-refractivity contribution in [2.24, 2.45) is 0 Å². The van der Waals surface area contributed by atoms with Crippen LogP contribution in [-0.4, -0.2) is 22.4 Å². The van der Waals surface area contributed by atoms with E-state index >= 15 is 0 Å². The lowest BCUT2D eigenvalue weighted by molar-refractivity contribution is -0.109. The number of ether oxygens (including phenoxy) is 1. The summed E-state index contributed by atoms with van der Waals surface area (Å²) in [6.45, 7) is 0. The van der Waals surface area contributed by atoms with Gasteiger partial charge in [-0.3, -0.25) is 9.36 Å². The summed E-state index contributed by atoms with van der Waals surface area (Å²) in [5, 5.41) is 0. The van der Waals surface area contributed by atoms with Gasteiger partial charge in [-0.1, -0.05) is 0 Å². The highest BCUT2D eigenvalue weighted by Gasteiger charge is 2.22. The predicted octanol–water partition coefficient (Wildman–Crippen LogP) is -0.149. The van der Waals surface area contributed by atoms with E-state index in [4.69, 9.17) is 9.79 Å². The van der Waals surface area contributed by atoms with Crippen molar-refractivity contribution in [3.05, 3.63) is 12.3 Å². The molecule has 6 heteroatoms. The van der Waals surface area contributed by atoms with Crippen LogP contribution in [0.5, 0.6) is 0 Å². The van der Waals surface area contributed by atoms with E-state index in [1.807, 2.05) is 0 Å². The minimum atomic E-state index is -4.59. The summed E-state index contributed by atoms with van der Waals surface area (Å²) in [7, 11) is -3.32. The van der Waals surface area contributed by atoms with Gasteiger partial charge in [-0.2, -0.15) is 0 Å². The molecule has 0 unspecified atom stereocenters. The standard InChI is InChI=1S/C4H7O5P/c1-9-3-2-4(5)10(6,7)8/h2-3H,1H3,(H2,6,7,8). The monoisotopic (exact) mass is 166 g/mol. The number of carbonyl (C=O) groups excluding carboxylic acids is 1. The molecule has 0 aliphatic heterocycles. The SMILES string of the molecule is COC=CC(=O)P(=O)(O)O. The Balaban J connectivity index is 4.13. The zero-order chi connectivity index (χ0) is 8.20. The molecule has 0 saturated heterocycles. The largest absolute Gasteiger partial charge is 0.504 e. The van der Waals surface area contributed by atoms with Crippen molar-refractivity contribution in [3.8, 4) is 0 Å². The van der Waals surface area contributed by atoms with Gasteiger partial charge in [0.1, 0.15) is 0 Å². The zero-order valence-corrected chi connectivity index (χ0v) is 6.12. The molecule has 58 valence electrons. The summed E-state index contributed by atoms with van der Waals surface area (Å²) in [6, 6.07) is 0. The third kappa shape index (κ3) is 3.40. The van der Waals surface area contributed by atoms with Crippen LogP contribution in [0.2, 0.25) is 0 Å². The van der Waals surface area contributed by atoms with Crippen LogP contribution in [0.4, 0.5) is 0 Å². The summed E-state index contributed by atoms with van der Waals surface area (Å²) in [5.74, 6) is 0. The Morgan fingerprint density at radius 2 is 2.10 bits per heavy atom. The van der Waals surface area contributed by atoms with Crippen molar-refractivity contribution in [2.75, 3.05) is 7.11 Å². The van der Waals surface area contributed by atoms with E-state index in [1.165, 1.54) is 7.11 Å². The average Bonchev–Trinajstić information content (AvgIpc) is 1.80. The predicted molar refractivity (Wildman–Crippen MR) is 33.2 cm³/mol. The summed E-state index contributed by atoms with van der Waals surface area (Å²) in [5.41, 5.74) is -1.26. The molecule has 0 radical (unpaired) electrons. The number of rotatable bonds is 3. The third-order valence-corrected chi connectivity index (χ3v) is 1.36. The molecule has 5 nitrogen and oxygen atoms in total. The summed E-state index contributed by atoms with van der Waals surface area (Å²) >= 11 is 0. The normalized spacial score (nSPS) is 11.9. The second-order valence-corrected chi connectivity index (χ2v) is 2.95. The highest BCUT2D eigenvalue weighted by atomic mass is 31.2. The molecule has 0 bridgehead atoms. The zero-order valence-electron chi connectivity index (χ0n) is 5.22. The van der Waals surface area contributed by atoms with E-state index < -0.39 is 13.1 Å². The number of allylic oxidation sites excluding steroid dienone is 1. The first-order valence-corrected chi connectivity index (χ1v) is 3.89. The van der Waals surface area contributed by atoms with E-state index in [0.29, 0.717) is 6.08 Å². The van der Waals surface area contributed by atoms with Crippen LogP contribution in [0, 0.1) is 0 Å². The van der Waals surface area contributed by atoms with Crippen molar-refractivity contribution >= 4 is 13.1 Å². The molecule has 0 amide bonds. The summed E-state index contributed by atoms with van der Waals surface area (Å²) < 4.78 is 14.3. The van der Waals surface area contributed by atoms with Gasteiger partial charge in [0.15, 0.2) is 0 Å². The van der Waals surface area contributed by atoms with Gasteiger partial charge in [0.05, 0.1) is 13.4 Å². The minimum absolute atomic E-state index is 0.681. The second-order valence-electron chi connectivity index (χ2n) is 1.42. The van der Waals surface area contributed by atoms with Crippen LogP contribution in [0.3, 0.4) is 0 Å². The van der Waals surface area contributed by atoms with Gasteiger partial charge in [0, 0.05) is 6.08 Å². The van der Waals surface area contributed by atoms with Crippen LogP contribution in [-0.2, 0) is 14.1 Å². The Kier molecular flexibility index (Phi) is 3.28. The average molecular weight is 166 g/mol. The van der Waals surface area contributed by atoms with Gasteiger partial charge in [0.25, 0.3) is 5.52 Å². The van der Waals surface area contributed by atoms with Crippen LogP contribution in [0.1, 0.15) is 0 Å². The van der Waals surface area contributed by atoms with Gasteiger partial charge in [-0.15, -0.1) is 0 Å². The molecule has 0 fully saturated rings. The highest BCUT2D eigenvalue weighted by Crippen LogP contribution is 2.35. The van der Waals surface area contributed by atoms with Gasteiger partial charge in [0.2, 0.25) is 0 Å².